The highest BCUT2D eigenvalue weighted by Crippen LogP contribution is 2.31. The third-order valence-corrected chi connectivity index (χ3v) is 4.64. The van der Waals surface area contributed by atoms with Crippen LogP contribution in [0.5, 0.6) is 0 Å². The number of nitrogens with one attached hydrogen (secondary N) is 2. The van der Waals surface area contributed by atoms with E-state index in [1.807, 2.05) is 0 Å². The van der Waals surface area contributed by atoms with Crippen LogP contribution in [-0.2, 0) is 10.0 Å². The molecule has 2 aromatic carbocycles. The van der Waals surface area contributed by atoms with Crippen LogP contribution in [0.25, 0.3) is 0 Å². The van der Waals surface area contributed by atoms with Crippen LogP contribution in [0.3, 0.4) is 0 Å². The fourth-order valence-electron chi connectivity index (χ4n) is 2.19. The van der Waals surface area contributed by atoms with E-state index >= 15 is 0 Å². The van der Waals surface area contributed by atoms with Crippen LogP contribution < -0.4 is 10.0 Å². The van der Waals surface area contributed by atoms with Gasteiger partial charge in [0.1, 0.15) is 11.1 Å². The van der Waals surface area contributed by atoms with E-state index in [0.29, 0.717) is 11.3 Å². The van der Waals surface area contributed by atoms with Gasteiger partial charge in [-0.3, -0.25) is 10.1 Å². The summed E-state index contributed by atoms with van der Waals surface area (Å²) in [4.78, 5) is 10.4. The molecule has 1 aliphatic rings. The zero-order valence-corrected chi connectivity index (χ0v) is 11.5. The maximum absolute atomic E-state index is 12.2. The van der Waals surface area contributed by atoms with E-state index < -0.39 is 21.1 Å². The molecule has 108 valence electrons. The summed E-state index contributed by atoms with van der Waals surface area (Å²) >= 11 is 0. The third-order valence-electron chi connectivity index (χ3n) is 3.16. The molecule has 1 atom stereocenters. The quantitative estimate of drug-likeness (QED) is 0.652. The number of fused-ring (bicyclic) bond motifs is 1. The lowest BCUT2D eigenvalue weighted by Crippen LogP contribution is -2.38. The van der Waals surface area contributed by atoms with Crippen molar-refractivity contribution in [2.45, 2.75) is 11.1 Å². The minimum absolute atomic E-state index is 0.0904. The van der Waals surface area contributed by atoms with Crippen LogP contribution in [0.15, 0.2) is 53.4 Å². The first-order valence-corrected chi connectivity index (χ1v) is 7.58. The summed E-state index contributed by atoms with van der Waals surface area (Å²) in [6.45, 7) is 0. The molecule has 0 radical (unpaired) electrons. The third kappa shape index (κ3) is 2.46. The van der Waals surface area contributed by atoms with E-state index in [0.717, 1.165) is 0 Å². The summed E-state index contributed by atoms with van der Waals surface area (Å²) < 4.78 is 26.9. The first kappa shape index (κ1) is 13.5. The van der Waals surface area contributed by atoms with Gasteiger partial charge in [0.05, 0.1) is 10.6 Å². The number of sulfonamides is 1. The van der Waals surface area contributed by atoms with Gasteiger partial charge >= 0.3 is 0 Å². The SMILES string of the molecule is O=[N+]([O-])c1cccc([C@@H]2Nc3ccccc3S(=O)(=O)N2)c1. The fraction of sp³-hybridized carbons (Fsp3) is 0.0769. The monoisotopic (exact) mass is 305 g/mol. The molecule has 1 heterocycles. The van der Waals surface area contributed by atoms with Crippen LogP contribution in [0.4, 0.5) is 11.4 Å². The fourth-order valence-corrected chi connectivity index (χ4v) is 3.50. The number of rotatable bonds is 2. The Kier molecular flexibility index (Phi) is 3.11. The molecule has 0 fully saturated rings. The smallest absolute Gasteiger partial charge is 0.269 e. The molecule has 3 rings (SSSR count). The van der Waals surface area contributed by atoms with Crippen molar-refractivity contribution >= 4 is 21.4 Å². The van der Waals surface area contributed by atoms with Gasteiger partial charge in [0.2, 0.25) is 10.0 Å². The second-order valence-electron chi connectivity index (χ2n) is 4.55. The Labute approximate surface area is 120 Å². The van der Waals surface area contributed by atoms with Gasteiger partial charge in [0.15, 0.2) is 0 Å². The van der Waals surface area contributed by atoms with Crippen molar-refractivity contribution in [2.75, 3.05) is 5.32 Å². The molecule has 2 aromatic rings. The van der Waals surface area contributed by atoms with E-state index in [2.05, 4.69) is 10.0 Å². The standard InChI is InChI=1S/C13H11N3O4S/c17-16(18)10-5-3-4-9(8-10)13-14-11-6-1-2-7-12(11)21(19,20)15-13/h1-8,13-15H/t13-/m1/s1. The Balaban J connectivity index is 2.03. The van der Waals surface area contributed by atoms with E-state index in [4.69, 9.17) is 0 Å². The maximum atomic E-state index is 12.2. The number of hydrogen-bond acceptors (Lipinski definition) is 5. The molecule has 0 saturated carbocycles. The van der Waals surface area contributed by atoms with Crippen molar-refractivity contribution in [3.63, 3.8) is 0 Å². The first-order chi connectivity index (χ1) is 9.97. The number of benzene rings is 2. The number of anilines is 1. The average molecular weight is 305 g/mol. The first-order valence-electron chi connectivity index (χ1n) is 6.10. The van der Waals surface area contributed by atoms with Gasteiger partial charge in [-0.05, 0) is 17.7 Å². The minimum atomic E-state index is -3.65. The van der Waals surface area contributed by atoms with Crippen molar-refractivity contribution < 1.29 is 13.3 Å². The second kappa shape index (κ2) is 4.83. The van der Waals surface area contributed by atoms with Gasteiger partial charge in [-0.1, -0.05) is 24.3 Å². The van der Waals surface area contributed by atoms with Crippen LogP contribution >= 0.6 is 0 Å². The van der Waals surface area contributed by atoms with Crippen molar-refractivity contribution in [3.8, 4) is 0 Å². The van der Waals surface area contributed by atoms with Crippen molar-refractivity contribution in [1.29, 1.82) is 0 Å². The lowest BCUT2D eigenvalue weighted by Gasteiger charge is -2.28. The van der Waals surface area contributed by atoms with Gasteiger partial charge in [0, 0.05) is 12.1 Å². The average Bonchev–Trinajstić information content (AvgIpc) is 2.46. The predicted octanol–water partition coefficient (Wildman–Crippen LogP) is 2.00. The number of nitrogens with zero attached hydrogens (tertiary/aromatic N) is 1. The molecule has 0 aromatic heterocycles. The molecule has 7 nitrogen and oxygen atoms in total. The summed E-state index contributed by atoms with van der Waals surface area (Å²) in [5.74, 6) is 0. The molecule has 0 aliphatic carbocycles. The lowest BCUT2D eigenvalue weighted by molar-refractivity contribution is -0.384. The molecular formula is C13H11N3O4S. The van der Waals surface area contributed by atoms with Gasteiger partial charge in [-0.25, -0.2) is 8.42 Å². The number of non-ortho nitro benzene ring substituents is 1. The predicted molar refractivity (Wildman–Crippen MR) is 76.2 cm³/mol. The Morgan fingerprint density at radius 2 is 1.86 bits per heavy atom. The molecule has 0 saturated heterocycles. The minimum Gasteiger partial charge on any atom is -0.364 e. The molecule has 0 spiro atoms. The number of hydrogen-bond donors (Lipinski definition) is 2. The summed E-state index contributed by atoms with van der Waals surface area (Å²) in [5.41, 5.74) is 0.849. The molecule has 1 aliphatic heterocycles. The van der Waals surface area contributed by atoms with Crippen LogP contribution in [0.2, 0.25) is 0 Å². The van der Waals surface area contributed by atoms with Crippen LogP contribution in [0, 0.1) is 10.1 Å². The van der Waals surface area contributed by atoms with E-state index in [1.54, 1.807) is 24.3 Å². The van der Waals surface area contributed by atoms with Crippen molar-refractivity contribution in [3.05, 3.63) is 64.2 Å². The molecule has 8 heteroatoms. The zero-order valence-electron chi connectivity index (χ0n) is 10.7. The van der Waals surface area contributed by atoms with Crippen LogP contribution in [0.1, 0.15) is 11.7 Å². The summed E-state index contributed by atoms with van der Waals surface area (Å²) in [7, 11) is -3.65. The van der Waals surface area contributed by atoms with E-state index in [-0.39, 0.29) is 10.6 Å². The molecule has 0 unspecified atom stereocenters. The normalized spacial score (nSPS) is 19.3. The molecule has 21 heavy (non-hydrogen) atoms. The number of nitro benzene ring substituents is 1. The number of para-hydroxylation sites is 1. The van der Waals surface area contributed by atoms with E-state index in [9.17, 15) is 18.5 Å². The molecule has 0 bridgehead atoms. The molecule has 2 N–H and O–H groups in total. The molecule has 0 amide bonds. The highest BCUT2D eigenvalue weighted by Gasteiger charge is 2.30. The Morgan fingerprint density at radius 1 is 1.10 bits per heavy atom. The zero-order chi connectivity index (χ0) is 15.0. The summed E-state index contributed by atoms with van der Waals surface area (Å²) in [5, 5.41) is 13.8. The molecular weight excluding hydrogens is 294 g/mol. The van der Waals surface area contributed by atoms with Gasteiger partial charge in [0.25, 0.3) is 5.69 Å². The Morgan fingerprint density at radius 3 is 2.62 bits per heavy atom. The maximum Gasteiger partial charge on any atom is 0.269 e. The largest absolute Gasteiger partial charge is 0.364 e. The van der Waals surface area contributed by atoms with Gasteiger partial charge in [-0.15, -0.1) is 0 Å². The lowest BCUT2D eigenvalue weighted by atomic mass is 10.1. The van der Waals surface area contributed by atoms with Crippen molar-refractivity contribution in [1.82, 2.24) is 4.72 Å². The Hall–Kier alpha value is -2.45. The van der Waals surface area contributed by atoms with Crippen molar-refractivity contribution in [2.24, 2.45) is 0 Å². The van der Waals surface area contributed by atoms with Crippen LogP contribution in [-0.4, -0.2) is 13.3 Å². The summed E-state index contributed by atoms with van der Waals surface area (Å²) in [6, 6.07) is 12.3. The topological polar surface area (TPSA) is 101 Å². The summed E-state index contributed by atoms with van der Waals surface area (Å²) in [6.07, 6.45) is -0.746. The van der Waals surface area contributed by atoms with Gasteiger partial charge in [-0.2, -0.15) is 4.72 Å². The van der Waals surface area contributed by atoms with Gasteiger partial charge < -0.3 is 5.32 Å². The second-order valence-corrected chi connectivity index (χ2v) is 6.23. The van der Waals surface area contributed by atoms with E-state index in [1.165, 1.54) is 24.3 Å². The Bertz CT molecular complexity index is 820. The highest BCUT2D eigenvalue weighted by atomic mass is 32.2. The highest BCUT2D eigenvalue weighted by molar-refractivity contribution is 7.89. The number of nitro groups is 1.